The van der Waals surface area contributed by atoms with Crippen LogP contribution in [0.15, 0.2) is 57.2 Å². The van der Waals surface area contributed by atoms with Crippen molar-refractivity contribution in [1.82, 2.24) is 10.6 Å². The molecule has 0 spiro atoms. The number of nitrogens with one attached hydrogen (secondary N) is 2. The first-order valence-corrected chi connectivity index (χ1v) is 8.94. The fourth-order valence-corrected chi connectivity index (χ4v) is 2.53. The molecule has 0 aliphatic heterocycles. The third-order valence-corrected chi connectivity index (χ3v) is 4.05. The molecule has 1 aromatic heterocycles. The second kappa shape index (κ2) is 9.18. The summed E-state index contributed by atoms with van der Waals surface area (Å²) in [6, 6.07) is 10.8. The van der Waals surface area contributed by atoms with Crippen LogP contribution < -0.4 is 10.6 Å². The summed E-state index contributed by atoms with van der Waals surface area (Å²) < 4.78 is 5.56. The molecule has 0 bridgehead atoms. The topological polar surface area (TPSA) is 109 Å². The molecule has 0 aliphatic carbocycles. The first-order chi connectivity index (χ1) is 12.8. The maximum Gasteiger partial charge on any atom is 0.326 e. The van der Waals surface area contributed by atoms with Gasteiger partial charge in [-0.3, -0.25) is 9.59 Å². The van der Waals surface area contributed by atoms with Crippen LogP contribution in [0.2, 0.25) is 0 Å². The van der Waals surface area contributed by atoms with Crippen LogP contribution in [0.5, 0.6) is 0 Å². The van der Waals surface area contributed by atoms with Crippen molar-refractivity contribution in [1.29, 1.82) is 0 Å². The number of hydrogen-bond acceptors (Lipinski definition) is 4. The van der Waals surface area contributed by atoms with E-state index in [1.54, 1.807) is 44.2 Å². The van der Waals surface area contributed by atoms with Crippen molar-refractivity contribution < 1.29 is 23.9 Å². The van der Waals surface area contributed by atoms with Gasteiger partial charge in [-0.15, -0.1) is 0 Å². The van der Waals surface area contributed by atoms with Crippen LogP contribution >= 0.6 is 15.9 Å². The van der Waals surface area contributed by atoms with Crippen molar-refractivity contribution in [2.24, 2.45) is 5.92 Å². The molecule has 3 N–H and O–H groups in total. The summed E-state index contributed by atoms with van der Waals surface area (Å²) >= 11 is 3.11. The van der Waals surface area contributed by atoms with Crippen molar-refractivity contribution >= 4 is 39.8 Å². The van der Waals surface area contributed by atoms with Gasteiger partial charge in [0.1, 0.15) is 11.7 Å². The zero-order valence-electron chi connectivity index (χ0n) is 14.7. The molecule has 27 heavy (non-hydrogen) atoms. The Hall–Kier alpha value is -2.87. The lowest BCUT2D eigenvalue weighted by atomic mass is 10.0. The Bertz CT molecular complexity index is 858. The molecule has 0 fully saturated rings. The fraction of sp³-hybridized carbons (Fsp3) is 0.211. The van der Waals surface area contributed by atoms with Gasteiger partial charge >= 0.3 is 5.97 Å². The Balaban J connectivity index is 2.29. The fourth-order valence-electron chi connectivity index (χ4n) is 2.23. The molecule has 2 aromatic rings. The quantitative estimate of drug-likeness (QED) is 0.580. The van der Waals surface area contributed by atoms with Gasteiger partial charge in [0.05, 0.1) is 0 Å². The second-order valence-corrected chi connectivity index (χ2v) is 6.84. The van der Waals surface area contributed by atoms with Gasteiger partial charge in [0.2, 0.25) is 0 Å². The predicted octanol–water partition coefficient (Wildman–Crippen LogP) is 3.04. The van der Waals surface area contributed by atoms with E-state index >= 15 is 0 Å². The third-order valence-electron chi connectivity index (χ3n) is 3.62. The smallest absolute Gasteiger partial charge is 0.326 e. The van der Waals surface area contributed by atoms with Crippen molar-refractivity contribution in [3.05, 3.63) is 64.2 Å². The van der Waals surface area contributed by atoms with Crippen LogP contribution in [0.1, 0.15) is 30.0 Å². The average Bonchev–Trinajstić information content (AvgIpc) is 3.05. The normalized spacial score (nSPS) is 12.5. The van der Waals surface area contributed by atoms with Gasteiger partial charge in [0.25, 0.3) is 11.8 Å². The minimum Gasteiger partial charge on any atom is -0.480 e. The van der Waals surface area contributed by atoms with E-state index < -0.39 is 23.8 Å². The van der Waals surface area contributed by atoms with E-state index in [1.807, 2.05) is 6.07 Å². The van der Waals surface area contributed by atoms with Gasteiger partial charge in [0.15, 0.2) is 10.4 Å². The van der Waals surface area contributed by atoms with Crippen molar-refractivity contribution in [3.63, 3.8) is 0 Å². The monoisotopic (exact) mass is 434 g/mol. The number of rotatable bonds is 7. The van der Waals surface area contributed by atoms with Crippen LogP contribution in [-0.2, 0) is 9.59 Å². The van der Waals surface area contributed by atoms with Crippen LogP contribution in [0.3, 0.4) is 0 Å². The van der Waals surface area contributed by atoms with Gasteiger partial charge < -0.3 is 20.2 Å². The van der Waals surface area contributed by atoms with Gasteiger partial charge in [-0.25, -0.2) is 4.79 Å². The molecule has 1 atom stereocenters. The third kappa shape index (κ3) is 5.82. The number of carboxylic acid groups (broad SMARTS) is 1. The number of hydrogen-bond donors (Lipinski definition) is 3. The van der Waals surface area contributed by atoms with E-state index in [4.69, 9.17) is 4.42 Å². The summed E-state index contributed by atoms with van der Waals surface area (Å²) in [6.45, 7) is 3.36. The molecule has 142 valence electrons. The highest BCUT2D eigenvalue weighted by atomic mass is 79.9. The van der Waals surface area contributed by atoms with Crippen molar-refractivity contribution in [2.45, 2.75) is 19.9 Å². The lowest BCUT2D eigenvalue weighted by Crippen LogP contribution is -2.47. The Kier molecular flexibility index (Phi) is 6.95. The lowest BCUT2D eigenvalue weighted by molar-refractivity contribution is -0.142. The van der Waals surface area contributed by atoms with E-state index in [1.165, 1.54) is 12.1 Å². The molecule has 1 heterocycles. The molecule has 0 aliphatic rings. The summed E-state index contributed by atoms with van der Waals surface area (Å²) in [5.74, 6) is -2.82. The standard InChI is InChI=1S/C19H19BrN2O5/c1-11(2)16(19(25)26)22-17(23)13(10-12-6-4-3-5-7-12)21-18(24)14-8-9-15(20)27-14/h3-11,16H,1-2H3,(H,21,24)(H,22,23)(H,25,26)/b13-10-/t16-/m0/s1. The van der Waals surface area contributed by atoms with Crippen molar-refractivity contribution in [2.75, 3.05) is 0 Å². The number of furan rings is 1. The van der Waals surface area contributed by atoms with E-state index in [-0.39, 0.29) is 17.4 Å². The van der Waals surface area contributed by atoms with Crippen LogP contribution in [-0.4, -0.2) is 28.9 Å². The molecule has 0 saturated carbocycles. The molecule has 8 heteroatoms. The molecule has 0 saturated heterocycles. The first kappa shape index (κ1) is 20.4. The maximum absolute atomic E-state index is 12.6. The van der Waals surface area contributed by atoms with Gasteiger partial charge in [0, 0.05) is 0 Å². The SMILES string of the molecule is CC(C)[C@H](NC(=O)/C(=C/c1ccccc1)NC(=O)c1ccc(Br)o1)C(=O)O. The lowest BCUT2D eigenvalue weighted by Gasteiger charge is -2.19. The Morgan fingerprint density at radius 3 is 2.30 bits per heavy atom. The molecule has 7 nitrogen and oxygen atoms in total. The molecule has 2 amide bonds. The molecule has 2 rings (SSSR count). The number of carboxylic acids is 1. The number of amides is 2. The highest BCUT2D eigenvalue weighted by molar-refractivity contribution is 9.10. The molecular formula is C19H19BrN2O5. The van der Waals surface area contributed by atoms with Gasteiger partial charge in [-0.2, -0.15) is 0 Å². The number of benzene rings is 1. The number of carbonyl (C=O) groups excluding carboxylic acids is 2. The summed E-state index contributed by atoms with van der Waals surface area (Å²) in [6.07, 6.45) is 1.46. The number of carbonyl (C=O) groups is 3. The Morgan fingerprint density at radius 1 is 1.11 bits per heavy atom. The van der Waals surface area contributed by atoms with Gasteiger partial charge in [-0.05, 0) is 45.6 Å². The van der Waals surface area contributed by atoms with E-state index in [9.17, 15) is 19.5 Å². The number of aliphatic carboxylic acids is 1. The van der Waals surface area contributed by atoms with Crippen molar-refractivity contribution in [3.8, 4) is 0 Å². The zero-order valence-corrected chi connectivity index (χ0v) is 16.3. The minimum absolute atomic E-state index is 0.00674. The average molecular weight is 435 g/mol. The van der Waals surface area contributed by atoms with Crippen LogP contribution in [0, 0.1) is 5.92 Å². The van der Waals surface area contributed by atoms with Gasteiger partial charge in [-0.1, -0.05) is 44.2 Å². The second-order valence-electron chi connectivity index (χ2n) is 6.06. The Labute approximate surface area is 164 Å². The highest BCUT2D eigenvalue weighted by Gasteiger charge is 2.26. The maximum atomic E-state index is 12.6. The van der Waals surface area contributed by atoms with E-state index in [0.717, 1.165) is 0 Å². The number of halogens is 1. The molecule has 0 radical (unpaired) electrons. The highest BCUT2D eigenvalue weighted by Crippen LogP contribution is 2.15. The summed E-state index contributed by atoms with van der Waals surface area (Å²) in [4.78, 5) is 36.4. The summed E-state index contributed by atoms with van der Waals surface area (Å²) in [7, 11) is 0. The van der Waals surface area contributed by atoms with E-state index in [0.29, 0.717) is 10.2 Å². The summed E-state index contributed by atoms with van der Waals surface area (Å²) in [5.41, 5.74) is 0.575. The van der Waals surface area contributed by atoms with Crippen LogP contribution in [0.25, 0.3) is 6.08 Å². The molecule has 0 unspecified atom stereocenters. The summed E-state index contributed by atoms with van der Waals surface area (Å²) in [5, 5.41) is 14.2. The Morgan fingerprint density at radius 2 is 1.78 bits per heavy atom. The molecular weight excluding hydrogens is 416 g/mol. The molecule has 1 aromatic carbocycles. The van der Waals surface area contributed by atoms with Crippen LogP contribution in [0.4, 0.5) is 0 Å². The zero-order chi connectivity index (χ0) is 20.0. The minimum atomic E-state index is -1.15. The first-order valence-electron chi connectivity index (χ1n) is 8.15. The van der Waals surface area contributed by atoms with E-state index in [2.05, 4.69) is 26.6 Å². The predicted molar refractivity (Wildman–Crippen MR) is 103 cm³/mol. The largest absolute Gasteiger partial charge is 0.480 e.